The van der Waals surface area contributed by atoms with Crippen LogP contribution in [0.4, 0.5) is 0 Å². The Hall–Kier alpha value is -0.970. The molecule has 0 fully saturated rings. The number of ketones is 1. The van der Waals surface area contributed by atoms with Crippen LogP contribution in [0.5, 0.6) is 0 Å². The van der Waals surface area contributed by atoms with E-state index >= 15 is 0 Å². The lowest BCUT2D eigenvalue weighted by Gasteiger charge is -2.13. The number of rotatable bonds is 2. The van der Waals surface area contributed by atoms with Gasteiger partial charge in [0.1, 0.15) is 5.52 Å². The molecule has 1 aromatic heterocycles. The number of benzene rings is 1. The molecule has 0 bridgehead atoms. The molecule has 19 heavy (non-hydrogen) atoms. The van der Waals surface area contributed by atoms with Crippen molar-refractivity contribution in [2.24, 2.45) is 10.9 Å². The van der Waals surface area contributed by atoms with Crippen LogP contribution in [-0.2, 0) is 11.2 Å². The van der Waals surface area contributed by atoms with Gasteiger partial charge in [-0.25, -0.2) is 4.98 Å². The van der Waals surface area contributed by atoms with Crippen LogP contribution in [0.1, 0.15) is 11.4 Å². The lowest BCUT2D eigenvalue weighted by Crippen LogP contribution is -2.23. The van der Waals surface area contributed by atoms with Crippen molar-refractivity contribution < 1.29 is 4.79 Å². The molecular formula is C13H10Cl2N2OS. The van der Waals surface area contributed by atoms with Crippen LogP contribution < -0.4 is 0 Å². The largest absolute Gasteiger partial charge is 0.297 e. The highest BCUT2D eigenvalue weighted by Crippen LogP contribution is 2.34. The molecule has 0 saturated carbocycles. The van der Waals surface area contributed by atoms with Crippen LogP contribution in [-0.4, -0.2) is 23.5 Å². The van der Waals surface area contributed by atoms with Crippen LogP contribution in [0.3, 0.4) is 0 Å². The molecule has 1 aliphatic heterocycles. The maximum Gasteiger partial charge on any atom is 0.158 e. The number of carbonyl (C=O) groups is 1. The molecule has 1 atom stereocenters. The van der Waals surface area contributed by atoms with Crippen LogP contribution in [0.25, 0.3) is 10.2 Å². The molecule has 0 N–H and O–H groups in total. The van der Waals surface area contributed by atoms with Gasteiger partial charge in [0.2, 0.25) is 0 Å². The van der Waals surface area contributed by atoms with E-state index in [0.29, 0.717) is 29.4 Å². The molecule has 3 rings (SSSR count). The van der Waals surface area contributed by atoms with Gasteiger partial charge in [-0.3, -0.25) is 9.79 Å². The maximum absolute atomic E-state index is 11.8. The van der Waals surface area contributed by atoms with E-state index < -0.39 is 0 Å². The van der Waals surface area contributed by atoms with Crippen molar-refractivity contribution in [3.8, 4) is 0 Å². The highest BCUT2D eigenvalue weighted by Gasteiger charge is 2.22. The van der Waals surface area contributed by atoms with Gasteiger partial charge in [0.15, 0.2) is 5.78 Å². The van der Waals surface area contributed by atoms with Crippen molar-refractivity contribution in [3.63, 3.8) is 0 Å². The highest BCUT2D eigenvalue weighted by molar-refractivity contribution is 7.18. The Balaban J connectivity index is 1.91. The minimum absolute atomic E-state index is 0.00712. The maximum atomic E-state index is 11.8. The van der Waals surface area contributed by atoms with Gasteiger partial charge in [-0.05, 0) is 24.8 Å². The first kappa shape index (κ1) is 13.0. The van der Waals surface area contributed by atoms with Crippen molar-refractivity contribution in [2.45, 2.75) is 12.8 Å². The summed E-state index contributed by atoms with van der Waals surface area (Å²) in [6, 6.07) is 3.68. The Bertz CT molecular complexity index is 681. The van der Waals surface area contributed by atoms with E-state index in [2.05, 4.69) is 9.98 Å². The zero-order valence-corrected chi connectivity index (χ0v) is 12.2. The van der Waals surface area contributed by atoms with E-state index in [0.717, 1.165) is 15.2 Å². The molecule has 0 spiro atoms. The number of Topliss-reactive ketones (excluding diaryl/α,β-unsaturated/α-hetero) is 1. The molecule has 3 nitrogen and oxygen atoms in total. The molecule has 1 aliphatic rings. The summed E-state index contributed by atoms with van der Waals surface area (Å²) in [5.74, 6) is 0.179. The molecule has 98 valence electrons. The topological polar surface area (TPSA) is 42.3 Å². The minimum Gasteiger partial charge on any atom is -0.297 e. The van der Waals surface area contributed by atoms with E-state index in [-0.39, 0.29) is 11.7 Å². The molecule has 6 heteroatoms. The monoisotopic (exact) mass is 312 g/mol. The van der Waals surface area contributed by atoms with Gasteiger partial charge in [-0.1, -0.05) is 23.2 Å². The van der Waals surface area contributed by atoms with Crippen LogP contribution >= 0.6 is 34.5 Å². The standard InChI is InChI=1S/C13H10Cl2N2OS/c14-8-1-2-10-13(12(8)15)17-11(19-10)5-7-3-4-16-6-9(7)18/h1-2,4,7H,3,5-6H2. The summed E-state index contributed by atoms with van der Waals surface area (Å²) in [6.07, 6.45) is 3.17. The van der Waals surface area contributed by atoms with Crippen LogP contribution in [0, 0.1) is 5.92 Å². The van der Waals surface area contributed by atoms with Gasteiger partial charge in [0.05, 0.1) is 26.3 Å². The van der Waals surface area contributed by atoms with Crippen molar-refractivity contribution in [1.29, 1.82) is 0 Å². The number of fused-ring (bicyclic) bond motifs is 1. The third-order valence-electron chi connectivity index (χ3n) is 3.14. The Morgan fingerprint density at radius 1 is 1.37 bits per heavy atom. The summed E-state index contributed by atoms with van der Waals surface area (Å²) in [6.45, 7) is 0.294. The van der Waals surface area contributed by atoms with E-state index in [1.54, 1.807) is 17.4 Å². The van der Waals surface area contributed by atoms with E-state index in [1.807, 2.05) is 12.3 Å². The molecule has 0 aliphatic carbocycles. The highest BCUT2D eigenvalue weighted by atomic mass is 35.5. The second-order valence-corrected chi connectivity index (χ2v) is 6.34. The number of halogens is 2. The third-order valence-corrected chi connectivity index (χ3v) is 4.98. The number of carbonyl (C=O) groups excluding carboxylic acids is 1. The average molecular weight is 313 g/mol. The van der Waals surface area contributed by atoms with Gasteiger partial charge in [0.25, 0.3) is 0 Å². The summed E-state index contributed by atoms with van der Waals surface area (Å²) >= 11 is 13.7. The van der Waals surface area contributed by atoms with Crippen LogP contribution in [0.15, 0.2) is 17.1 Å². The molecule has 0 saturated heterocycles. The fraction of sp³-hybridized carbons (Fsp3) is 0.308. The molecule has 1 unspecified atom stereocenters. The van der Waals surface area contributed by atoms with Crippen LogP contribution in [0.2, 0.25) is 10.0 Å². The summed E-state index contributed by atoms with van der Waals surface area (Å²) in [5.41, 5.74) is 0.728. The number of thiazole rings is 1. The lowest BCUT2D eigenvalue weighted by molar-refractivity contribution is -0.121. The molecule has 2 heterocycles. The zero-order valence-electron chi connectivity index (χ0n) is 9.90. The number of hydrogen-bond donors (Lipinski definition) is 0. The first-order chi connectivity index (χ1) is 9.15. The van der Waals surface area contributed by atoms with E-state index in [4.69, 9.17) is 23.2 Å². The first-order valence-corrected chi connectivity index (χ1v) is 7.47. The summed E-state index contributed by atoms with van der Waals surface area (Å²) < 4.78 is 1.00. The number of aromatic nitrogens is 1. The zero-order chi connectivity index (χ0) is 13.4. The SMILES string of the molecule is O=C1CN=CCC1Cc1nc2c(Cl)c(Cl)ccc2s1. The number of nitrogens with zero attached hydrogens (tertiary/aromatic N) is 2. The average Bonchev–Trinajstić information content (AvgIpc) is 2.80. The lowest BCUT2D eigenvalue weighted by atomic mass is 9.95. The fourth-order valence-electron chi connectivity index (χ4n) is 2.10. The Kier molecular flexibility index (Phi) is 3.56. The molecule has 1 aromatic carbocycles. The molecule has 2 aromatic rings. The predicted octanol–water partition coefficient (Wildman–Crippen LogP) is 3.81. The van der Waals surface area contributed by atoms with Crippen molar-refractivity contribution in [3.05, 3.63) is 27.2 Å². The Labute approximate surface area is 124 Å². The normalized spacial score (nSPS) is 19.3. The molecule has 0 amide bonds. The van der Waals surface area contributed by atoms with Gasteiger partial charge >= 0.3 is 0 Å². The van der Waals surface area contributed by atoms with Gasteiger partial charge < -0.3 is 0 Å². The Morgan fingerprint density at radius 2 is 2.21 bits per heavy atom. The van der Waals surface area contributed by atoms with Gasteiger partial charge in [0, 0.05) is 12.3 Å². The first-order valence-electron chi connectivity index (χ1n) is 5.89. The fourth-order valence-corrected chi connectivity index (χ4v) is 3.57. The number of aliphatic imine (C=N–C) groups is 1. The second kappa shape index (κ2) is 5.19. The minimum atomic E-state index is -0.00712. The third kappa shape index (κ3) is 2.53. The smallest absolute Gasteiger partial charge is 0.158 e. The summed E-state index contributed by atoms with van der Waals surface area (Å²) in [7, 11) is 0. The van der Waals surface area contributed by atoms with Crippen molar-refractivity contribution in [2.75, 3.05) is 6.54 Å². The van der Waals surface area contributed by atoms with Gasteiger partial charge in [-0.15, -0.1) is 11.3 Å². The van der Waals surface area contributed by atoms with Gasteiger partial charge in [-0.2, -0.15) is 0 Å². The van der Waals surface area contributed by atoms with Crippen molar-refractivity contribution >= 4 is 56.8 Å². The van der Waals surface area contributed by atoms with E-state index in [9.17, 15) is 4.79 Å². The van der Waals surface area contributed by atoms with Crippen molar-refractivity contribution in [1.82, 2.24) is 4.98 Å². The predicted molar refractivity (Wildman–Crippen MR) is 79.8 cm³/mol. The quantitative estimate of drug-likeness (QED) is 0.846. The Morgan fingerprint density at radius 3 is 3.00 bits per heavy atom. The summed E-state index contributed by atoms with van der Waals surface area (Å²) in [4.78, 5) is 20.2. The van der Waals surface area contributed by atoms with E-state index in [1.165, 1.54) is 0 Å². The molecule has 0 radical (unpaired) electrons. The molecular weight excluding hydrogens is 303 g/mol. The summed E-state index contributed by atoms with van der Waals surface area (Å²) in [5, 5.41) is 1.91. The second-order valence-electron chi connectivity index (χ2n) is 4.44. The number of hydrogen-bond acceptors (Lipinski definition) is 4.